The van der Waals surface area contributed by atoms with Crippen LogP contribution in [-0.2, 0) is 11.3 Å². The van der Waals surface area contributed by atoms with E-state index in [4.69, 9.17) is 16.4 Å². The summed E-state index contributed by atoms with van der Waals surface area (Å²) in [7, 11) is 0. The molecule has 2 aromatic rings. The molecule has 1 heterocycles. The van der Waals surface area contributed by atoms with Crippen LogP contribution in [0.4, 0.5) is 0 Å². The van der Waals surface area contributed by atoms with Gasteiger partial charge < -0.3 is 0 Å². The number of aryl methyl sites for hydroxylation is 1. The lowest BCUT2D eigenvalue weighted by atomic mass is 9.82. The Kier molecular flexibility index (Phi) is 6.30. The van der Waals surface area contributed by atoms with E-state index < -0.39 is 0 Å². The second kappa shape index (κ2) is 8.34. The Morgan fingerprint density at radius 2 is 1.52 bits per heavy atom. The van der Waals surface area contributed by atoms with Gasteiger partial charge in [0.25, 0.3) is 0 Å². The van der Waals surface area contributed by atoms with E-state index in [-0.39, 0.29) is 17.2 Å². The first-order chi connectivity index (χ1) is 12.8. The zero-order chi connectivity index (χ0) is 19.5. The number of hydroxylamine groups is 2. The van der Waals surface area contributed by atoms with Crippen molar-refractivity contribution in [2.75, 3.05) is 0 Å². The molecule has 2 nitrogen and oxygen atoms in total. The van der Waals surface area contributed by atoms with Crippen LogP contribution >= 0.6 is 11.6 Å². The summed E-state index contributed by atoms with van der Waals surface area (Å²) in [4.78, 5) is 6.76. The monoisotopic (exact) mass is 385 g/mol. The first kappa shape index (κ1) is 20.4. The number of nitrogens with zero attached hydrogens (tertiary/aromatic N) is 1. The normalized spacial score (nSPS) is 20.3. The first-order valence-corrected chi connectivity index (χ1v) is 10.4. The highest BCUT2D eigenvalue weighted by Gasteiger charge is 2.43. The van der Waals surface area contributed by atoms with Crippen molar-refractivity contribution >= 4 is 11.6 Å². The molecular weight excluding hydrogens is 354 g/mol. The highest BCUT2D eigenvalue weighted by Crippen LogP contribution is 2.41. The molecule has 1 saturated heterocycles. The fourth-order valence-electron chi connectivity index (χ4n) is 4.29. The van der Waals surface area contributed by atoms with E-state index in [9.17, 15) is 0 Å². The van der Waals surface area contributed by atoms with E-state index in [2.05, 4.69) is 75.2 Å². The van der Waals surface area contributed by atoms with Gasteiger partial charge in [0.05, 0.1) is 0 Å². The van der Waals surface area contributed by atoms with Crippen LogP contribution in [0.2, 0.25) is 5.02 Å². The van der Waals surface area contributed by atoms with Crippen molar-refractivity contribution < 1.29 is 4.84 Å². The fourth-order valence-corrected chi connectivity index (χ4v) is 4.41. The Morgan fingerprint density at radius 3 is 2.11 bits per heavy atom. The molecule has 0 aliphatic carbocycles. The molecule has 0 amide bonds. The molecule has 27 heavy (non-hydrogen) atoms. The van der Waals surface area contributed by atoms with E-state index >= 15 is 0 Å². The lowest BCUT2D eigenvalue weighted by Crippen LogP contribution is -2.58. The highest BCUT2D eigenvalue weighted by atomic mass is 35.5. The van der Waals surface area contributed by atoms with Gasteiger partial charge in [0.15, 0.2) is 0 Å². The summed E-state index contributed by atoms with van der Waals surface area (Å²) in [5.41, 5.74) is 2.61. The molecule has 1 unspecified atom stereocenters. The third-order valence-electron chi connectivity index (χ3n) is 5.69. The first-order valence-electron chi connectivity index (χ1n) is 10.0. The van der Waals surface area contributed by atoms with Crippen LogP contribution in [0.1, 0.15) is 70.6 Å². The minimum absolute atomic E-state index is 0.0368. The van der Waals surface area contributed by atoms with Gasteiger partial charge in [-0.25, -0.2) is 0 Å². The Balaban J connectivity index is 1.80. The lowest BCUT2D eigenvalue weighted by molar-refractivity contribution is -0.308. The number of hydrogen-bond donors (Lipinski definition) is 0. The average molecular weight is 386 g/mol. The average Bonchev–Trinajstić information content (AvgIpc) is 2.62. The maximum absolute atomic E-state index is 6.76. The van der Waals surface area contributed by atoms with Crippen molar-refractivity contribution in [1.82, 2.24) is 5.06 Å². The molecule has 0 N–H and O–H groups in total. The topological polar surface area (TPSA) is 12.5 Å². The molecule has 3 heteroatoms. The van der Waals surface area contributed by atoms with E-state index in [1.54, 1.807) is 0 Å². The SMILES string of the molecule is CC1(C)CCCC(C)(C)N1OC(CCc1ccc(Cl)cc1)c1ccccc1. The third kappa shape index (κ3) is 5.13. The van der Waals surface area contributed by atoms with Gasteiger partial charge in [0, 0.05) is 16.1 Å². The Bertz CT molecular complexity index is 708. The Labute approximate surface area is 169 Å². The van der Waals surface area contributed by atoms with E-state index in [0.717, 1.165) is 30.7 Å². The van der Waals surface area contributed by atoms with Crippen molar-refractivity contribution in [3.05, 3.63) is 70.7 Å². The lowest BCUT2D eigenvalue weighted by Gasteiger charge is -2.52. The van der Waals surface area contributed by atoms with Crippen molar-refractivity contribution in [1.29, 1.82) is 0 Å². The largest absolute Gasteiger partial charge is 0.290 e. The van der Waals surface area contributed by atoms with Crippen LogP contribution in [0.3, 0.4) is 0 Å². The minimum atomic E-state index is 0.0368. The molecule has 0 bridgehead atoms. The number of hydrogen-bond acceptors (Lipinski definition) is 2. The van der Waals surface area contributed by atoms with Crippen molar-refractivity contribution in [2.45, 2.75) is 77.0 Å². The maximum Gasteiger partial charge on any atom is 0.105 e. The number of piperidine rings is 1. The predicted molar refractivity (Wildman–Crippen MR) is 114 cm³/mol. The molecule has 0 saturated carbocycles. The third-order valence-corrected chi connectivity index (χ3v) is 5.94. The molecule has 0 aromatic heterocycles. The standard InChI is InChI=1S/C24H32ClNO/c1-23(2)17-8-18-24(3,4)26(23)27-22(20-9-6-5-7-10-20)16-13-19-11-14-21(25)15-12-19/h5-7,9-12,14-15,22H,8,13,16-18H2,1-4H3. The zero-order valence-corrected chi connectivity index (χ0v) is 17.8. The molecule has 1 fully saturated rings. The van der Waals surface area contributed by atoms with Crippen LogP contribution < -0.4 is 0 Å². The van der Waals surface area contributed by atoms with Gasteiger partial charge in [-0.15, -0.1) is 0 Å². The summed E-state index contributed by atoms with van der Waals surface area (Å²) in [6.07, 6.45) is 5.52. The summed E-state index contributed by atoms with van der Waals surface area (Å²) in [6, 6.07) is 18.8. The fraction of sp³-hybridized carbons (Fsp3) is 0.500. The highest BCUT2D eigenvalue weighted by molar-refractivity contribution is 6.30. The number of benzene rings is 2. The molecule has 2 aromatic carbocycles. The summed E-state index contributed by atoms with van der Waals surface area (Å²) in [5, 5.41) is 3.06. The number of halogens is 1. The summed E-state index contributed by atoms with van der Waals surface area (Å²) >= 11 is 6.03. The van der Waals surface area contributed by atoms with Crippen molar-refractivity contribution in [3.63, 3.8) is 0 Å². The smallest absolute Gasteiger partial charge is 0.105 e. The maximum atomic E-state index is 6.76. The summed E-state index contributed by atoms with van der Waals surface area (Å²) in [5.74, 6) is 0. The van der Waals surface area contributed by atoms with E-state index in [1.165, 1.54) is 17.5 Å². The summed E-state index contributed by atoms with van der Waals surface area (Å²) < 4.78 is 0. The molecular formula is C24H32ClNO. The predicted octanol–water partition coefficient (Wildman–Crippen LogP) is 6.99. The summed E-state index contributed by atoms with van der Waals surface area (Å²) in [6.45, 7) is 9.20. The zero-order valence-electron chi connectivity index (χ0n) is 17.0. The minimum Gasteiger partial charge on any atom is -0.290 e. The molecule has 1 aliphatic rings. The van der Waals surface area contributed by atoms with Gasteiger partial charge in [0.1, 0.15) is 6.10 Å². The Morgan fingerprint density at radius 1 is 0.926 bits per heavy atom. The molecule has 146 valence electrons. The van der Waals surface area contributed by atoms with Crippen LogP contribution in [0, 0.1) is 0 Å². The van der Waals surface area contributed by atoms with Gasteiger partial charge in [-0.1, -0.05) is 54.1 Å². The van der Waals surface area contributed by atoms with Crippen molar-refractivity contribution in [3.8, 4) is 0 Å². The van der Waals surface area contributed by atoms with Crippen LogP contribution in [0.25, 0.3) is 0 Å². The van der Waals surface area contributed by atoms with E-state index in [1.807, 2.05) is 12.1 Å². The van der Waals surface area contributed by atoms with Gasteiger partial charge in [0.2, 0.25) is 0 Å². The second-order valence-electron chi connectivity index (χ2n) is 8.94. The molecule has 0 spiro atoms. The molecule has 0 radical (unpaired) electrons. The van der Waals surface area contributed by atoms with Crippen LogP contribution in [0.5, 0.6) is 0 Å². The molecule has 3 rings (SSSR count). The van der Waals surface area contributed by atoms with Gasteiger partial charge in [-0.3, -0.25) is 4.84 Å². The second-order valence-corrected chi connectivity index (χ2v) is 9.38. The van der Waals surface area contributed by atoms with Crippen molar-refractivity contribution in [2.24, 2.45) is 0 Å². The van der Waals surface area contributed by atoms with Gasteiger partial charge in [-0.2, -0.15) is 5.06 Å². The quantitative estimate of drug-likeness (QED) is 0.531. The Hall–Kier alpha value is -1.35. The number of rotatable bonds is 6. The van der Waals surface area contributed by atoms with Crippen LogP contribution in [-0.4, -0.2) is 16.1 Å². The van der Waals surface area contributed by atoms with Crippen LogP contribution in [0.15, 0.2) is 54.6 Å². The molecule has 1 atom stereocenters. The van der Waals surface area contributed by atoms with Gasteiger partial charge in [-0.05, 0) is 83.1 Å². The molecule has 1 aliphatic heterocycles. The van der Waals surface area contributed by atoms with E-state index in [0.29, 0.717) is 0 Å². The van der Waals surface area contributed by atoms with Gasteiger partial charge >= 0.3 is 0 Å².